The number of rotatable bonds is 5. The number of piperidine rings is 1. The van der Waals surface area contributed by atoms with Crippen LogP contribution in [0.5, 0.6) is 0 Å². The predicted molar refractivity (Wildman–Crippen MR) is 134 cm³/mol. The second-order valence-electron chi connectivity index (χ2n) is 9.40. The molecule has 3 aromatic rings. The molecule has 3 aliphatic rings. The lowest BCUT2D eigenvalue weighted by Gasteiger charge is -2.31. The number of aliphatic imine (C=N–C) groups is 2. The second-order valence-corrected chi connectivity index (χ2v) is 9.40. The first-order valence-corrected chi connectivity index (χ1v) is 12.0. The first-order valence-electron chi connectivity index (χ1n) is 12.0. The van der Waals surface area contributed by atoms with E-state index in [4.69, 9.17) is 0 Å². The van der Waals surface area contributed by atoms with Gasteiger partial charge in [-0.25, -0.2) is 13.8 Å². The SMILES string of the molecule is O=C(Nc1cc(-c2cnc3c(c2)C=NC3)cc2c1C=NC2)c1cccc(CN2CCC(F)(F)CC2)n1. The molecule has 0 aliphatic carbocycles. The number of pyridine rings is 2. The molecule has 1 saturated heterocycles. The molecule has 2 aromatic heterocycles. The van der Waals surface area contributed by atoms with Gasteiger partial charge in [0.25, 0.3) is 11.8 Å². The van der Waals surface area contributed by atoms with E-state index in [-0.39, 0.29) is 24.4 Å². The Kier molecular flexibility index (Phi) is 5.64. The lowest BCUT2D eigenvalue weighted by molar-refractivity contribution is -0.0568. The number of nitrogens with zero attached hydrogens (tertiary/aromatic N) is 5. The minimum Gasteiger partial charge on any atom is -0.320 e. The Hall–Kier alpha value is -3.85. The molecule has 0 spiro atoms. The van der Waals surface area contributed by atoms with Crippen LogP contribution in [0.25, 0.3) is 11.1 Å². The first-order chi connectivity index (χ1) is 17.4. The number of aromatic nitrogens is 2. The van der Waals surface area contributed by atoms with E-state index in [1.54, 1.807) is 18.3 Å². The van der Waals surface area contributed by atoms with E-state index >= 15 is 0 Å². The zero-order valence-corrected chi connectivity index (χ0v) is 19.5. The Morgan fingerprint density at radius 1 is 1.03 bits per heavy atom. The number of hydrogen-bond acceptors (Lipinski definition) is 6. The first kappa shape index (κ1) is 22.6. The molecule has 5 heterocycles. The summed E-state index contributed by atoms with van der Waals surface area (Å²) < 4.78 is 26.9. The number of halogens is 2. The molecule has 0 radical (unpaired) electrons. The monoisotopic (exact) mass is 486 g/mol. The van der Waals surface area contributed by atoms with Crippen molar-refractivity contribution >= 4 is 24.0 Å². The number of alkyl halides is 2. The van der Waals surface area contributed by atoms with Gasteiger partial charge >= 0.3 is 0 Å². The van der Waals surface area contributed by atoms with E-state index in [2.05, 4.69) is 37.4 Å². The average Bonchev–Trinajstić information content (AvgIpc) is 3.54. The molecule has 0 atom stereocenters. The van der Waals surface area contributed by atoms with Crippen LogP contribution in [-0.4, -0.2) is 52.2 Å². The third-order valence-corrected chi connectivity index (χ3v) is 6.82. The van der Waals surface area contributed by atoms with Gasteiger partial charge in [-0.3, -0.25) is 24.7 Å². The fourth-order valence-electron chi connectivity index (χ4n) is 4.79. The maximum atomic E-state index is 13.5. The molecule has 1 aromatic carbocycles. The van der Waals surface area contributed by atoms with Crippen LogP contribution in [0.2, 0.25) is 0 Å². The topological polar surface area (TPSA) is 82.8 Å². The van der Waals surface area contributed by atoms with E-state index in [0.717, 1.165) is 33.5 Å². The number of anilines is 1. The van der Waals surface area contributed by atoms with Crippen molar-refractivity contribution < 1.29 is 13.6 Å². The zero-order valence-electron chi connectivity index (χ0n) is 19.5. The van der Waals surface area contributed by atoms with Crippen molar-refractivity contribution in [3.8, 4) is 11.1 Å². The van der Waals surface area contributed by atoms with Crippen LogP contribution in [0.15, 0.2) is 52.6 Å². The normalized spacial score (nSPS) is 17.7. The molecule has 1 N–H and O–H groups in total. The maximum absolute atomic E-state index is 13.5. The number of amides is 1. The summed E-state index contributed by atoms with van der Waals surface area (Å²) in [5, 5.41) is 3.01. The van der Waals surface area contributed by atoms with Crippen LogP contribution in [0.4, 0.5) is 14.5 Å². The van der Waals surface area contributed by atoms with Crippen molar-refractivity contribution in [1.29, 1.82) is 0 Å². The number of likely N-dealkylation sites (tertiary alicyclic amines) is 1. The summed E-state index contributed by atoms with van der Waals surface area (Å²) in [4.78, 5) is 32.8. The summed E-state index contributed by atoms with van der Waals surface area (Å²) in [5.41, 5.74) is 7.38. The van der Waals surface area contributed by atoms with Crippen molar-refractivity contribution in [2.45, 2.75) is 38.4 Å². The summed E-state index contributed by atoms with van der Waals surface area (Å²) in [6.45, 7) is 2.21. The van der Waals surface area contributed by atoms with Gasteiger partial charge in [0, 0.05) is 67.8 Å². The molecule has 1 amide bonds. The van der Waals surface area contributed by atoms with E-state index in [1.165, 1.54) is 0 Å². The number of carbonyl (C=O) groups is 1. The van der Waals surface area contributed by atoms with Gasteiger partial charge in [0.15, 0.2) is 0 Å². The molecule has 0 bridgehead atoms. The quantitative estimate of drug-likeness (QED) is 0.576. The molecule has 36 heavy (non-hydrogen) atoms. The number of fused-ring (bicyclic) bond motifs is 2. The van der Waals surface area contributed by atoms with Crippen LogP contribution < -0.4 is 5.32 Å². The molecular formula is C27H24F2N6O. The van der Waals surface area contributed by atoms with Crippen molar-refractivity contribution in [1.82, 2.24) is 14.9 Å². The third-order valence-electron chi connectivity index (χ3n) is 6.82. The third kappa shape index (κ3) is 4.54. The minimum atomic E-state index is -2.59. The van der Waals surface area contributed by atoms with Crippen LogP contribution in [0.3, 0.4) is 0 Å². The minimum absolute atomic E-state index is 0.150. The van der Waals surface area contributed by atoms with Crippen molar-refractivity contribution in [3.05, 3.63) is 76.4 Å². The summed E-state index contributed by atoms with van der Waals surface area (Å²) >= 11 is 0. The van der Waals surface area contributed by atoms with Crippen molar-refractivity contribution in [2.75, 3.05) is 18.4 Å². The average molecular weight is 487 g/mol. The van der Waals surface area contributed by atoms with Crippen molar-refractivity contribution in [2.24, 2.45) is 9.98 Å². The lowest BCUT2D eigenvalue weighted by atomic mass is 9.98. The van der Waals surface area contributed by atoms with Gasteiger partial charge in [-0.1, -0.05) is 6.07 Å². The molecule has 0 saturated carbocycles. The van der Waals surface area contributed by atoms with Gasteiger partial charge in [0.05, 0.1) is 30.2 Å². The molecule has 7 nitrogen and oxygen atoms in total. The highest BCUT2D eigenvalue weighted by Gasteiger charge is 2.34. The zero-order chi connectivity index (χ0) is 24.7. The van der Waals surface area contributed by atoms with Gasteiger partial charge in [-0.2, -0.15) is 0 Å². The van der Waals surface area contributed by atoms with E-state index < -0.39 is 5.92 Å². The number of hydrogen-bond donors (Lipinski definition) is 1. The Labute approximate surface area is 207 Å². The van der Waals surface area contributed by atoms with Gasteiger partial charge in [0.2, 0.25) is 0 Å². The largest absolute Gasteiger partial charge is 0.320 e. The lowest BCUT2D eigenvalue weighted by Crippen LogP contribution is -2.39. The number of carbonyl (C=O) groups excluding carboxylic acids is 1. The standard InChI is InChI=1S/C27H24F2N6O/c28-27(29)4-6-35(7-5-27)16-21-2-1-3-23(33-21)26(36)34-24-10-17(8-19-11-30-14-22(19)24)18-9-20-12-31-15-25(20)32-13-18/h1-3,8-10,12-14H,4-7,11,15-16H2,(H,34,36). The van der Waals surface area contributed by atoms with Crippen LogP contribution in [-0.2, 0) is 19.6 Å². The Morgan fingerprint density at radius 3 is 2.72 bits per heavy atom. The predicted octanol–water partition coefficient (Wildman–Crippen LogP) is 4.49. The fraction of sp³-hybridized carbons (Fsp3) is 0.296. The highest BCUT2D eigenvalue weighted by atomic mass is 19.3. The Balaban J connectivity index is 1.23. The van der Waals surface area contributed by atoms with Crippen LogP contribution in [0.1, 0.15) is 51.4 Å². The Morgan fingerprint density at radius 2 is 1.86 bits per heavy atom. The highest BCUT2D eigenvalue weighted by molar-refractivity contribution is 6.07. The second kappa shape index (κ2) is 8.98. The van der Waals surface area contributed by atoms with Crippen LogP contribution >= 0.6 is 0 Å². The molecule has 6 rings (SSSR count). The summed E-state index contributed by atoms with van der Waals surface area (Å²) in [6, 6.07) is 11.3. The fourth-order valence-corrected chi connectivity index (χ4v) is 4.79. The number of benzene rings is 1. The Bertz CT molecular complexity index is 1410. The van der Waals surface area contributed by atoms with Gasteiger partial charge in [-0.05, 0) is 41.5 Å². The molecule has 1 fully saturated rings. The van der Waals surface area contributed by atoms with E-state index in [1.807, 2.05) is 29.4 Å². The highest BCUT2D eigenvalue weighted by Crippen LogP contribution is 2.32. The molecule has 3 aliphatic heterocycles. The molecule has 182 valence electrons. The van der Waals surface area contributed by atoms with Gasteiger partial charge in [-0.15, -0.1) is 0 Å². The van der Waals surface area contributed by atoms with Crippen molar-refractivity contribution in [3.63, 3.8) is 0 Å². The summed E-state index contributed by atoms with van der Waals surface area (Å²) in [7, 11) is 0. The number of nitrogens with one attached hydrogen (secondary N) is 1. The van der Waals surface area contributed by atoms with E-state index in [9.17, 15) is 13.6 Å². The molecule has 0 unspecified atom stereocenters. The van der Waals surface area contributed by atoms with E-state index in [0.29, 0.717) is 44.1 Å². The molecule has 9 heteroatoms. The summed E-state index contributed by atoms with van der Waals surface area (Å²) in [5.74, 6) is -2.92. The smallest absolute Gasteiger partial charge is 0.274 e. The van der Waals surface area contributed by atoms with Gasteiger partial charge < -0.3 is 5.32 Å². The summed E-state index contributed by atoms with van der Waals surface area (Å²) in [6.07, 6.45) is 5.14. The van der Waals surface area contributed by atoms with Crippen LogP contribution in [0, 0.1) is 0 Å². The molecular weight excluding hydrogens is 462 g/mol. The maximum Gasteiger partial charge on any atom is 0.274 e. The van der Waals surface area contributed by atoms with Gasteiger partial charge in [0.1, 0.15) is 5.69 Å².